The summed E-state index contributed by atoms with van der Waals surface area (Å²) in [6.45, 7) is 13.8. The lowest BCUT2D eigenvalue weighted by molar-refractivity contribution is -0.137. The Bertz CT molecular complexity index is 550. The second-order valence-electron chi connectivity index (χ2n) is 9.18. The predicted octanol–water partition coefficient (Wildman–Crippen LogP) is 3.36. The van der Waals surface area contributed by atoms with E-state index >= 15 is 0 Å². The number of hydrogen-bond donors (Lipinski definition) is 0. The molecule has 1 amide bonds. The number of rotatable bonds is 1. The zero-order valence-electron chi connectivity index (χ0n) is 15.3. The zero-order chi connectivity index (χ0) is 17.4. The van der Waals surface area contributed by atoms with E-state index in [2.05, 4.69) is 20.8 Å². The molecule has 0 radical (unpaired) electrons. The van der Waals surface area contributed by atoms with Crippen molar-refractivity contribution in [2.45, 2.75) is 85.3 Å². The molecular formula is C18H29NO4. The molecule has 5 atom stereocenters. The number of ketones is 1. The van der Waals surface area contributed by atoms with Crippen molar-refractivity contribution >= 4 is 11.9 Å². The molecule has 2 saturated carbocycles. The Labute approximate surface area is 138 Å². The van der Waals surface area contributed by atoms with Crippen LogP contribution >= 0.6 is 0 Å². The number of carbonyl (C=O) groups is 2. The molecule has 0 aromatic heterocycles. The number of carbonyl (C=O) groups excluding carboxylic acids is 2. The van der Waals surface area contributed by atoms with Gasteiger partial charge in [0.05, 0.1) is 12.1 Å². The zero-order valence-corrected chi connectivity index (χ0v) is 15.3. The van der Waals surface area contributed by atoms with Crippen LogP contribution in [0.3, 0.4) is 0 Å². The third-order valence-corrected chi connectivity index (χ3v) is 6.52. The fourth-order valence-corrected chi connectivity index (χ4v) is 5.06. The smallest absolute Gasteiger partial charge is 0.413 e. The quantitative estimate of drug-likeness (QED) is 0.742. The van der Waals surface area contributed by atoms with Crippen LogP contribution in [-0.2, 0) is 14.3 Å². The van der Waals surface area contributed by atoms with Gasteiger partial charge in [-0.25, -0.2) is 4.79 Å². The van der Waals surface area contributed by atoms with Gasteiger partial charge in [-0.2, -0.15) is 0 Å². The van der Waals surface area contributed by atoms with Crippen LogP contribution in [0.15, 0.2) is 0 Å². The minimum atomic E-state index is -0.809. The van der Waals surface area contributed by atoms with Crippen LogP contribution < -0.4 is 0 Å². The normalized spacial score (nSPS) is 41.1. The first-order valence-electron chi connectivity index (χ1n) is 8.57. The summed E-state index contributed by atoms with van der Waals surface area (Å²) in [4.78, 5) is 26.5. The number of Topliss-reactive ketones (excluding diaryl/α,β-unsaturated/α-hetero) is 1. The monoisotopic (exact) mass is 323 g/mol. The Morgan fingerprint density at radius 1 is 1.22 bits per heavy atom. The molecule has 0 N–H and O–H groups in total. The van der Waals surface area contributed by atoms with E-state index in [4.69, 9.17) is 9.47 Å². The number of amides is 1. The van der Waals surface area contributed by atoms with Crippen LogP contribution in [0.4, 0.5) is 4.79 Å². The summed E-state index contributed by atoms with van der Waals surface area (Å²) in [6.07, 6.45) is 0.840. The summed E-state index contributed by atoms with van der Waals surface area (Å²) >= 11 is 0. The first kappa shape index (κ1) is 16.7. The third kappa shape index (κ3) is 2.15. The first-order valence-corrected chi connectivity index (χ1v) is 8.57. The van der Waals surface area contributed by atoms with Gasteiger partial charge in [0.15, 0.2) is 12.0 Å². The topological polar surface area (TPSA) is 55.8 Å². The van der Waals surface area contributed by atoms with Gasteiger partial charge in [-0.05, 0) is 57.3 Å². The maximum atomic E-state index is 12.8. The number of nitrogens with zero attached hydrogens (tertiary/aromatic N) is 1. The van der Waals surface area contributed by atoms with E-state index in [-0.39, 0.29) is 28.8 Å². The highest BCUT2D eigenvalue weighted by atomic mass is 16.6. The highest BCUT2D eigenvalue weighted by Crippen LogP contribution is 2.69. The SMILES string of the molecule is CC(=O)[C@@H]1O[C@@H]2[C@H]3CC[C@@](C)([C@@H]2N1C(=O)OC(C)(C)C)C3(C)C. The molecule has 1 heterocycles. The van der Waals surface area contributed by atoms with E-state index in [9.17, 15) is 9.59 Å². The van der Waals surface area contributed by atoms with E-state index in [0.717, 1.165) is 12.8 Å². The van der Waals surface area contributed by atoms with Crippen molar-refractivity contribution in [3.63, 3.8) is 0 Å². The predicted molar refractivity (Wildman–Crippen MR) is 85.8 cm³/mol. The molecule has 2 bridgehead atoms. The Morgan fingerprint density at radius 2 is 1.83 bits per heavy atom. The Morgan fingerprint density at radius 3 is 2.35 bits per heavy atom. The molecule has 23 heavy (non-hydrogen) atoms. The van der Waals surface area contributed by atoms with Crippen LogP contribution in [0.1, 0.15) is 61.3 Å². The number of hydrogen-bond acceptors (Lipinski definition) is 4. The summed E-state index contributed by atoms with van der Waals surface area (Å²) in [5.41, 5.74) is -0.557. The van der Waals surface area contributed by atoms with Crippen LogP contribution in [-0.4, -0.2) is 40.8 Å². The van der Waals surface area contributed by atoms with Crippen LogP contribution in [0.2, 0.25) is 0 Å². The van der Waals surface area contributed by atoms with Crippen molar-refractivity contribution in [2.24, 2.45) is 16.7 Å². The molecule has 1 aliphatic heterocycles. The molecule has 0 unspecified atom stereocenters. The van der Waals surface area contributed by atoms with E-state index in [0.29, 0.717) is 5.92 Å². The average molecular weight is 323 g/mol. The van der Waals surface area contributed by atoms with Gasteiger partial charge in [0.2, 0.25) is 0 Å². The fourth-order valence-electron chi connectivity index (χ4n) is 5.06. The first-order chi connectivity index (χ1) is 10.4. The van der Waals surface area contributed by atoms with Crippen molar-refractivity contribution in [2.75, 3.05) is 0 Å². The number of ether oxygens (including phenoxy) is 2. The van der Waals surface area contributed by atoms with Crippen LogP contribution in [0.5, 0.6) is 0 Å². The average Bonchev–Trinajstić information content (AvgIpc) is 2.91. The molecule has 5 heteroatoms. The maximum absolute atomic E-state index is 12.8. The minimum Gasteiger partial charge on any atom is -0.444 e. The van der Waals surface area contributed by atoms with Gasteiger partial charge < -0.3 is 9.47 Å². The largest absolute Gasteiger partial charge is 0.444 e. The molecule has 5 nitrogen and oxygen atoms in total. The molecule has 0 spiro atoms. The molecule has 3 aliphatic rings. The van der Waals surface area contributed by atoms with Crippen LogP contribution in [0, 0.1) is 16.7 Å². The molecular weight excluding hydrogens is 294 g/mol. The minimum absolute atomic E-state index is 0.0521. The van der Waals surface area contributed by atoms with Gasteiger partial charge in [0.1, 0.15) is 5.60 Å². The fraction of sp³-hybridized carbons (Fsp3) is 0.889. The Kier molecular flexibility index (Phi) is 3.43. The molecule has 0 aromatic carbocycles. The molecule has 1 saturated heterocycles. The summed E-state index contributed by atoms with van der Waals surface area (Å²) in [5, 5.41) is 0. The highest BCUT2D eigenvalue weighted by molar-refractivity contribution is 5.85. The van der Waals surface area contributed by atoms with Crippen molar-refractivity contribution in [1.82, 2.24) is 4.90 Å². The highest BCUT2D eigenvalue weighted by Gasteiger charge is 2.72. The van der Waals surface area contributed by atoms with Crippen LogP contribution in [0.25, 0.3) is 0 Å². The lowest BCUT2D eigenvalue weighted by Crippen LogP contribution is -2.54. The molecule has 3 fully saturated rings. The molecule has 2 aliphatic carbocycles. The Hall–Kier alpha value is -1.10. The van der Waals surface area contributed by atoms with Gasteiger partial charge in [-0.15, -0.1) is 0 Å². The second kappa shape index (κ2) is 4.71. The van der Waals surface area contributed by atoms with E-state index in [1.54, 1.807) is 4.90 Å². The second-order valence-corrected chi connectivity index (χ2v) is 9.18. The standard InChI is InChI=1S/C18H29NO4/c1-10(20)14-19(15(21)23-16(2,3)4)13-12(22-14)11-8-9-18(13,7)17(11,5)6/h11-14H,8-9H2,1-7H3/t11-,12-,13-,14+,18+/m1/s1. The van der Waals surface area contributed by atoms with Crippen molar-refractivity contribution < 1.29 is 19.1 Å². The van der Waals surface area contributed by atoms with Crippen molar-refractivity contribution in [1.29, 1.82) is 0 Å². The summed E-state index contributed by atoms with van der Waals surface area (Å²) in [6, 6.07) is -0.0833. The van der Waals surface area contributed by atoms with Gasteiger partial charge in [0.25, 0.3) is 0 Å². The van der Waals surface area contributed by atoms with Crippen molar-refractivity contribution in [3.8, 4) is 0 Å². The van der Waals surface area contributed by atoms with E-state index < -0.39 is 17.9 Å². The molecule has 3 rings (SSSR count). The summed E-state index contributed by atoms with van der Waals surface area (Å²) in [5.74, 6) is 0.248. The van der Waals surface area contributed by atoms with Gasteiger partial charge in [-0.3, -0.25) is 9.69 Å². The van der Waals surface area contributed by atoms with E-state index in [1.807, 2.05) is 20.8 Å². The summed E-state index contributed by atoms with van der Waals surface area (Å²) < 4.78 is 11.7. The molecule has 130 valence electrons. The molecule has 0 aromatic rings. The van der Waals surface area contributed by atoms with Gasteiger partial charge in [-0.1, -0.05) is 20.8 Å². The third-order valence-electron chi connectivity index (χ3n) is 6.52. The lowest BCUT2D eigenvalue weighted by atomic mass is 9.69. The van der Waals surface area contributed by atoms with Crippen molar-refractivity contribution in [3.05, 3.63) is 0 Å². The van der Waals surface area contributed by atoms with E-state index in [1.165, 1.54) is 6.92 Å². The summed E-state index contributed by atoms with van der Waals surface area (Å²) in [7, 11) is 0. The van der Waals surface area contributed by atoms with Gasteiger partial charge in [0, 0.05) is 0 Å². The maximum Gasteiger partial charge on any atom is 0.413 e. The Balaban J connectivity index is 1.99. The van der Waals surface area contributed by atoms with Gasteiger partial charge >= 0.3 is 6.09 Å². The lowest BCUT2D eigenvalue weighted by Gasteiger charge is -2.42. The number of fused-ring (bicyclic) bond motifs is 5.